The molecule has 0 aliphatic carbocycles. The highest BCUT2D eigenvalue weighted by Gasteiger charge is 2.17. The lowest BCUT2D eigenvalue weighted by Crippen LogP contribution is -2.34. The third kappa shape index (κ3) is 4.45. The predicted octanol–water partition coefficient (Wildman–Crippen LogP) is 3.96. The van der Waals surface area contributed by atoms with E-state index in [1.807, 2.05) is 24.3 Å². The zero-order chi connectivity index (χ0) is 13.8. The summed E-state index contributed by atoms with van der Waals surface area (Å²) in [7, 11) is 0. The van der Waals surface area contributed by atoms with Crippen LogP contribution in [0.3, 0.4) is 0 Å². The molecular formula is C15H22BrNO. The highest BCUT2D eigenvalue weighted by molar-refractivity contribution is 9.09. The van der Waals surface area contributed by atoms with E-state index in [0.717, 1.165) is 10.9 Å². The molecule has 2 nitrogen and oxygen atoms in total. The molecule has 0 saturated carbocycles. The maximum atomic E-state index is 12.0. The van der Waals surface area contributed by atoms with Gasteiger partial charge in [-0.1, -0.05) is 55.8 Å². The lowest BCUT2D eigenvalue weighted by molar-refractivity contribution is 0.0940. The van der Waals surface area contributed by atoms with Gasteiger partial charge in [0.25, 0.3) is 5.91 Å². The van der Waals surface area contributed by atoms with Gasteiger partial charge < -0.3 is 5.32 Å². The van der Waals surface area contributed by atoms with E-state index in [9.17, 15) is 4.79 Å². The van der Waals surface area contributed by atoms with E-state index in [-0.39, 0.29) is 11.3 Å². The van der Waals surface area contributed by atoms with Gasteiger partial charge in [-0.25, -0.2) is 0 Å². The molecular weight excluding hydrogens is 290 g/mol. The van der Waals surface area contributed by atoms with Crippen molar-refractivity contribution in [3.63, 3.8) is 0 Å². The molecule has 0 fully saturated rings. The fourth-order valence-electron chi connectivity index (χ4n) is 1.49. The van der Waals surface area contributed by atoms with E-state index in [1.165, 1.54) is 5.56 Å². The average molecular weight is 312 g/mol. The summed E-state index contributed by atoms with van der Waals surface area (Å²) >= 11 is 3.45. The largest absolute Gasteiger partial charge is 0.351 e. The van der Waals surface area contributed by atoms with Crippen LogP contribution in [-0.2, 0) is 0 Å². The smallest absolute Gasteiger partial charge is 0.251 e. The van der Waals surface area contributed by atoms with Crippen LogP contribution in [0.4, 0.5) is 0 Å². The topological polar surface area (TPSA) is 29.1 Å². The number of hydrogen-bond donors (Lipinski definition) is 1. The van der Waals surface area contributed by atoms with Crippen LogP contribution >= 0.6 is 15.9 Å². The maximum Gasteiger partial charge on any atom is 0.251 e. The van der Waals surface area contributed by atoms with Gasteiger partial charge in [0.2, 0.25) is 0 Å². The number of carbonyl (C=O) groups excluding carboxylic acids is 1. The molecule has 3 heteroatoms. The molecule has 0 aromatic heterocycles. The molecule has 0 radical (unpaired) electrons. The van der Waals surface area contributed by atoms with Gasteiger partial charge in [-0.05, 0) is 29.0 Å². The maximum absolute atomic E-state index is 12.0. The van der Waals surface area contributed by atoms with Gasteiger partial charge in [0.05, 0.1) is 0 Å². The van der Waals surface area contributed by atoms with Gasteiger partial charge in [0, 0.05) is 17.4 Å². The van der Waals surface area contributed by atoms with Crippen molar-refractivity contribution in [2.45, 2.75) is 33.6 Å². The first-order chi connectivity index (χ1) is 8.35. The Bertz CT molecular complexity index is 395. The van der Waals surface area contributed by atoms with Crippen molar-refractivity contribution in [3.05, 3.63) is 35.4 Å². The van der Waals surface area contributed by atoms with E-state index in [1.54, 1.807) is 0 Å². The molecule has 0 aliphatic heterocycles. The van der Waals surface area contributed by atoms with Crippen molar-refractivity contribution < 1.29 is 4.79 Å². The second-order valence-electron chi connectivity index (χ2n) is 5.76. The number of benzene rings is 1. The molecule has 0 aliphatic rings. The van der Waals surface area contributed by atoms with Crippen LogP contribution in [0, 0.1) is 5.41 Å². The molecule has 0 bridgehead atoms. The zero-order valence-corrected chi connectivity index (χ0v) is 13.2. The summed E-state index contributed by atoms with van der Waals surface area (Å²) in [4.78, 5) is 12.0. The van der Waals surface area contributed by atoms with E-state index >= 15 is 0 Å². The van der Waals surface area contributed by atoms with Crippen molar-refractivity contribution in [1.82, 2.24) is 5.32 Å². The van der Waals surface area contributed by atoms with E-state index in [2.05, 4.69) is 48.9 Å². The number of hydrogen-bond acceptors (Lipinski definition) is 1. The molecule has 18 heavy (non-hydrogen) atoms. The van der Waals surface area contributed by atoms with E-state index in [4.69, 9.17) is 0 Å². The van der Waals surface area contributed by atoms with Gasteiger partial charge in [0.15, 0.2) is 0 Å². The first kappa shape index (κ1) is 15.2. The Kier molecular flexibility index (Phi) is 5.39. The number of rotatable bonds is 5. The average Bonchev–Trinajstić information content (AvgIpc) is 2.36. The van der Waals surface area contributed by atoms with Crippen LogP contribution in [0.25, 0.3) is 0 Å². The van der Waals surface area contributed by atoms with Crippen LogP contribution in [0.15, 0.2) is 24.3 Å². The fraction of sp³-hybridized carbons (Fsp3) is 0.533. The second-order valence-corrected chi connectivity index (χ2v) is 6.32. The molecule has 1 amide bonds. The minimum atomic E-state index is -0.000619. The summed E-state index contributed by atoms with van der Waals surface area (Å²) in [5.74, 6) is 0.494. The predicted molar refractivity (Wildman–Crippen MR) is 80.4 cm³/mol. The van der Waals surface area contributed by atoms with Gasteiger partial charge >= 0.3 is 0 Å². The summed E-state index contributed by atoms with van der Waals surface area (Å²) in [6.07, 6.45) is 0. The zero-order valence-electron chi connectivity index (χ0n) is 11.6. The Morgan fingerprint density at radius 3 is 2.28 bits per heavy atom. The van der Waals surface area contributed by atoms with E-state index in [0.29, 0.717) is 12.5 Å². The highest BCUT2D eigenvalue weighted by atomic mass is 79.9. The summed E-state index contributed by atoms with van der Waals surface area (Å²) in [5.41, 5.74) is 2.06. The second kappa shape index (κ2) is 6.37. The normalized spacial score (nSPS) is 11.7. The van der Waals surface area contributed by atoms with Crippen LogP contribution < -0.4 is 5.32 Å². The van der Waals surface area contributed by atoms with Crippen molar-refractivity contribution in [2.75, 3.05) is 11.9 Å². The standard InChI is InChI=1S/C15H22BrNO/c1-11(2)12-5-7-13(8-6-12)14(18)17-10-15(3,4)9-16/h5-8,11H,9-10H2,1-4H3,(H,17,18). The quantitative estimate of drug-likeness (QED) is 0.819. The lowest BCUT2D eigenvalue weighted by atomic mass is 9.96. The van der Waals surface area contributed by atoms with Gasteiger partial charge in [-0.15, -0.1) is 0 Å². The first-order valence-corrected chi connectivity index (χ1v) is 7.42. The Balaban J connectivity index is 2.62. The molecule has 0 heterocycles. The number of halogens is 1. The van der Waals surface area contributed by atoms with Crippen molar-refractivity contribution in [3.8, 4) is 0 Å². The number of alkyl halides is 1. The number of nitrogens with one attached hydrogen (secondary N) is 1. The monoisotopic (exact) mass is 311 g/mol. The molecule has 1 aromatic carbocycles. The molecule has 0 atom stereocenters. The molecule has 0 unspecified atom stereocenters. The molecule has 100 valence electrons. The molecule has 1 rings (SSSR count). The Labute approximate surface area is 118 Å². The van der Waals surface area contributed by atoms with Crippen LogP contribution in [0.5, 0.6) is 0 Å². The number of amides is 1. The molecule has 1 N–H and O–H groups in total. The summed E-state index contributed by atoms with van der Waals surface area (Å²) in [5, 5.41) is 3.84. The summed E-state index contributed by atoms with van der Waals surface area (Å²) in [6.45, 7) is 9.19. The third-order valence-electron chi connectivity index (χ3n) is 2.93. The highest BCUT2D eigenvalue weighted by Crippen LogP contribution is 2.17. The van der Waals surface area contributed by atoms with Gasteiger partial charge in [-0.2, -0.15) is 0 Å². The van der Waals surface area contributed by atoms with Crippen molar-refractivity contribution in [2.24, 2.45) is 5.41 Å². The lowest BCUT2D eigenvalue weighted by Gasteiger charge is -2.21. The Morgan fingerprint density at radius 2 is 1.83 bits per heavy atom. The fourth-order valence-corrected chi connectivity index (χ4v) is 1.69. The van der Waals surface area contributed by atoms with Gasteiger partial charge in [-0.3, -0.25) is 4.79 Å². The van der Waals surface area contributed by atoms with Crippen molar-refractivity contribution >= 4 is 21.8 Å². The van der Waals surface area contributed by atoms with Crippen molar-refractivity contribution in [1.29, 1.82) is 0 Å². The van der Waals surface area contributed by atoms with Crippen LogP contribution in [-0.4, -0.2) is 17.8 Å². The van der Waals surface area contributed by atoms with Crippen LogP contribution in [0.2, 0.25) is 0 Å². The summed E-state index contributed by atoms with van der Waals surface area (Å²) in [6, 6.07) is 7.84. The molecule has 1 aromatic rings. The Hall–Kier alpha value is -0.830. The summed E-state index contributed by atoms with van der Waals surface area (Å²) < 4.78 is 0. The van der Waals surface area contributed by atoms with Crippen LogP contribution in [0.1, 0.15) is 49.5 Å². The number of carbonyl (C=O) groups is 1. The minimum Gasteiger partial charge on any atom is -0.351 e. The van der Waals surface area contributed by atoms with Gasteiger partial charge in [0.1, 0.15) is 0 Å². The van der Waals surface area contributed by atoms with E-state index < -0.39 is 0 Å². The SMILES string of the molecule is CC(C)c1ccc(C(=O)NCC(C)(C)CBr)cc1. The first-order valence-electron chi connectivity index (χ1n) is 6.30. The third-order valence-corrected chi connectivity index (χ3v) is 4.45. The minimum absolute atomic E-state index is 0.000619. The Morgan fingerprint density at radius 1 is 1.28 bits per heavy atom. The molecule has 0 saturated heterocycles. The molecule has 0 spiro atoms.